The molecular weight excluding hydrogens is 470 g/mol. The molecule has 0 saturated carbocycles. The van der Waals surface area contributed by atoms with Gasteiger partial charge in [-0.1, -0.05) is 34.1 Å². The molecular formula is C25H32BrN3O3. The summed E-state index contributed by atoms with van der Waals surface area (Å²) in [7, 11) is 1.67. The third-order valence-electron chi connectivity index (χ3n) is 6.35. The third kappa shape index (κ3) is 5.46. The van der Waals surface area contributed by atoms with Gasteiger partial charge in [0.05, 0.1) is 19.8 Å². The molecule has 0 aliphatic carbocycles. The maximum Gasteiger partial charge on any atom is 0.122 e. The van der Waals surface area contributed by atoms with Gasteiger partial charge in [0.1, 0.15) is 5.75 Å². The minimum atomic E-state index is -0.289. The summed E-state index contributed by atoms with van der Waals surface area (Å²) < 4.78 is 8.65. The lowest BCUT2D eigenvalue weighted by molar-refractivity contribution is 0.0177. The first-order chi connectivity index (χ1) is 15.6. The van der Waals surface area contributed by atoms with E-state index in [-0.39, 0.29) is 18.8 Å². The summed E-state index contributed by atoms with van der Waals surface area (Å²) in [5.41, 5.74) is 3.59. The second-order valence-electron chi connectivity index (χ2n) is 8.47. The summed E-state index contributed by atoms with van der Waals surface area (Å²) in [6.07, 6.45) is 4.34. The molecule has 1 aromatic heterocycles. The lowest BCUT2D eigenvalue weighted by atomic mass is 9.99. The van der Waals surface area contributed by atoms with E-state index in [1.165, 1.54) is 16.5 Å². The number of methoxy groups -OCH3 is 1. The van der Waals surface area contributed by atoms with Crippen molar-refractivity contribution in [2.45, 2.75) is 38.0 Å². The smallest absolute Gasteiger partial charge is 0.122 e. The molecule has 7 heteroatoms. The number of fused-ring (bicyclic) bond motifs is 1. The van der Waals surface area contributed by atoms with Gasteiger partial charge < -0.3 is 24.8 Å². The van der Waals surface area contributed by atoms with E-state index in [1.54, 1.807) is 7.11 Å². The van der Waals surface area contributed by atoms with E-state index in [0.29, 0.717) is 6.42 Å². The van der Waals surface area contributed by atoms with Gasteiger partial charge in [-0.25, -0.2) is 0 Å². The Hall–Kier alpha value is -2.06. The SMILES string of the molecule is COc1cc(Br)cc(NCCn2cc(CCN3CCC(O)CC3CO)c3ccccc32)c1. The van der Waals surface area contributed by atoms with E-state index in [9.17, 15) is 10.2 Å². The summed E-state index contributed by atoms with van der Waals surface area (Å²) in [4.78, 5) is 2.32. The first-order valence-electron chi connectivity index (χ1n) is 11.3. The highest BCUT2D eigenvalue weighted by Gasteiger charge is 2.26. The van der Waals surface area contributed by atoms with Crippen LogP contribution in [0.1, 0.15) is 18.4 Å². The molecule has 6 nitrogen and oxygen atoms in total. The van der Waals surface area contributed by atoms with E-state index in [1.807, 2.05) is 12.1 Å². The number of piperidine rings is 1. The third-order valence-corrected chi connectivity index (χ3v) is 6.81. The molecule has 32 heavy (non-hydrogen) atoms. The van der Waals surface area contributed by atoms with Crippen molar-refractivity contribution in [3.8, 4) is 5.75 Å². The van der Waals surface area contributed by atoms with Crippen LogP contribution < -0.4 is 10.1 Å². The van der Waals surface area contributed by atoms with Crippen LogP contribution in [-0.2, 0) is 13.0 Å². The largest absolute Gasteiger partial charge is 0.497 e. The van der Waals surface area contributed by atoms with Crippen molar-refractivity contribution in [1.29, 1.82) is 0 Å². The minimum absolute atomic E-state index is 0.0542. The molecule has 3 N–H and O–H groups in total. The molecule has 2 atom stereocenters. The molecule has 0 bridgehead atoms. The molecule has 1 aliphatic rings. The standard InChI is InChI=1S/C25H32BrN3O3/c1-32-23-13-19(26)12-20(14-23)27-8-11-29-16-18(24-4-2-3-5-25(24)29)6-9-28-10-7-22(31)15-21(28)17-30/h2-5,12-14,16,21-22,27,30-31H,6-11,15,17H2,1H3. The summed E-state index contributed by atoms with van der Waals surface area (Å²) in [6, 6.07) is 14.6. The fourth-order valence-corrected chi connectivity index (χ4v) is 5.11. The van der Waals surface area contributed by atoms with Crippen molar-refractivity contribution in [2.75, 3.05) is 38.7 Å². The van der Waals surface area contributed by atoms with Crippen molar-refractivity contribution in [3.63, 3.8) is 0 Å². The van der Waals surface area contributed by atoms with Crippen LogP contribution in [0.5, 0.6) is 5.75 Å². The van der Waals surface area contributed by atoms with Crippen LogP contribution in [-0.4, -0.2) is 65.2 Å². The van der Waals surface area contributed by atoms with Crippen LogP contribution in [0.3, 0.4) is 0 Å². The average molecular weight is 502 g/mol. The van der Waals surface area contributed by atoms with E-state index >= 15 is 0 Å². The van der Waals surface area contributed by atoms with Crippen LogP contribution in [0.4, 0.5) is 5.69 Å². The van der Waals surface area contributed by atoms with Gasteiger partial charge in [0.15, 0.2) is 0 Å². The number of aliphatic hydroxyl groups excluding tert-OH is 2. The molecule has 4 rings (SSSR count). The first-order valence-corrected chi connectivity index (χ1v) is 12.0. The second kappa shape index (κ2) is 10.7. The van der Waals surface area contributed by atoms with Gasteiger partial charge in [0, 0.05) is 65.5 Å². The van der Waals surface area contributed by atoms with Gasteiger partial charge in [-0.2, -0.15) is 0 Å². The number of nitrogens with one attached hydrogen (secondary N) is 1. The number of benzene rings is 2. The molecule has 0 spiro atoms. The molecule has 1 saturated heterocycles. The Labute approximate surface area is 197 Å². The maximum atomic E-state index is 9.91. The number of hydrogen-bond donors (Lipinski definition) is 3. The van der Waals surface area contributed by atoms with Gasteiger partial charge >= 0.3 is 0 Å². The normalized spacial score (nSPS) is 19.4. The zero-order valence-electron chi connectivity index (χ0n) is 18.5. The Balaban J connectivity index is 1.43. The Morgan fingerprint density at radius 1 is 1.19 bits per heavy atom. The number of hydrogen-bond acceptors (Lipinski definition) is 5. The number of aliphatic hydroxyl groups is 2. The van der Waals surface area contributed by atoms with Crippen LogP contribution in [0.15, 0.2) is 53.1 Å². The summed E-state index contributed by atoms with van der Waals surface area (Å²) >= 11 is 3.53. The number of nitrogens with zero attached hydrogens (tertiary/aromatic N) is 2. The first kappa shape index (κ1) is 23.1. The molecule has 2 unspecified atom stereocenters. The van der Waals surface area contributed by atoms with Gasteiger partial charge in [0.2, 0.25) is 0 Å². The van der Waals surface area contributed by atoms with E-state index in [0.717, 1.165) is 54.9 Å². The maximum absolute atomic E-state index is 9.91. The van der Waals surface area contributed by atoms with Gasteiger partial charge in [-0.05, 0) is 43.0 Å². The zero-order chi connectivity index (χ0) is 22.5. The van der Waals surface area contributed by atoms with Crippen LogP contribution in [0.25, 0.3) is 10.9 Å². The predicted molar refractivity (Wildman–Crippen MR) is 133 cm³/mol. The molecule has 172 valence electrons. The van der Waals surface area contributed by atoms with E-state index < -0.39 is 0 Å². The number of rotatable bonds is 9. The lowest BCUT2D eigenvalue weighted by Gasteiger charge is -2.36. The van der Waals surface area contributed by atoms with E-state index in [2.05, 4.69) is 67.2 Å². The summed E-state index contributed by atoms with van der Waals surface area (Å²) in [6.45, 7) is 3.48. The predicted octanol–water partition coefficient (Wildman–Crippen LogP) is 3.88. The molecule has 0 radical (unpaired) electrons. The van der Waals surface area contributed by atoms with Crippen molar-refractivity contribution >= 4 is 32.5 Å². The Bertz CT molecular complexity index is 1040. The summed E-state index contributed by atoms with van der Waals surface area (Å²) in [5, 5.41) is 24.4. The minimum Gasteiger partial charge on any atom is -0.497 e. The quantitative estimate of drug-likeness (QED) is 0.415. The van der Waals surface area contributed by atoms with E-state index in [4.69, 9.17) is 4.74 Å². The fraction of sp³-hybridized carbons (Fsp3) is 0.440. The molecule has 2 aromatic carbocycles. The van der Waals surface area contributed by atoms with Crippen molar-refractivity contribution in [2.24, 2.45) is 0 Å². The average Bonchev–Trinajstić information content (AvgIpc) is 3.15. The Kier molecular flexibility index (Phi) is 7.73. The van der Waals surface area contributed by atoms with Crippen LogP contribution in [0, 0.1) is 0 Å². The highest BCUT2D eigenvalue weighted by molar-refractivity contribution is 9.10. The van der Waals surface area contributed by atoms with Gasteiger partial charge in [-0.15, -0.1) is 0 Å². The van der Waals surface area contributed by atoms with Crippen molar-refractivity contribution in [3.05, 3.63) is 58.7 Å². The summed E-state index contributed by atoms with van der Waals surface area (Å²) in [5.74, 6) is 0.821. The van der Waals surface area contributed by atoms with Crippen molar-refractivity contribution in [1.82, 2.24) is 9.47 Å². The number of anilines is 1. The number of aromatic nitrogens is 1. The van der Waals surface area contributed by atoms with Gasteiger partial charge in [-0.3, -0.25) is 4.90 Å². The lowest BCUT2D eigenvalue weighted by Crippen LogP contribution is -2.47. The molecule has 1 fully saturated rings. The molecule has 1 aliphatic heterocycles. The Morgan fingerprint density at radius 2 is 2.03 bits per heavy atom. The number of ether oxygens (including phenoxy) is 1. The fourth-order valence-electron chi connectivity index (χ4n) is 4.64. The Morgan fingerprint density at radius 3 is 2.84 bits per heavy atom. The van der Waals surface area contributed by atoms with Crippen LogP contribution in [0.2, 0.25) is 0 Å². The second-order valence-corrected chi connectivity index (χ2v) is 9.39. The van der Waals surface area contributed by atoms with Crippen molar-refractivity contribution < 1.29 is 14.9 Å². The van der Waals surface area contributed by atoms with Gasteiger partial charge in [0.25, 0.3) is 0 Å². The molecule has 0 amide bonds. The van der Waals surface area contributed by atoms with Crippen LogP contribution >= 0.6 is 15.9 Å². The number of likely N-dealkylation sites (tertiary alicyclic amines) is 1. The monoisotopic (exact) mass is 501 g/mol. The highest BCUT2D eigenvalue weighted by Crippen LogP contribution is 2.26. The zero-order valence-corrected chi connectivity index (χ0v) is 20.1. The molecule has 3 aromatic rings. The molecule has 2 heterocycles. The number of para-hydroxylation sites is 1. The number of halogens is 1. The highest BCUT2D eigenvalue weighted by atomic mass is 79.9. The topological polar surface area (TPSA) is 69.9 Å².